The fourth-order valence-electron chi connectivity index (χ4n) is 1.99. The van der Waals surface area contributed by atoms with Crippen LogP contribution in [0.1, 0.15) is 15.9 Å². The zero-order valence-electron chi connectivity index (χ0n) is 10.5. The molecule has 20 heavy (non-hydrogen) atoms. The second kappa shape index (κ2) is 5.17. The van der Waals surface area contributed by atoms with Crippen molar-refractivity contribution in [1.29, 1.82) is 0 Å². The summed E-state index contributed by atoms with van der Waals surface area (Å²) < 4.78 is 23.7. The standard InChI is InChI=1S/C16H11FO3/c17-13-5-1-4-12(9-13)14(18)8-7-11-3-2-6-15-16(11)20-10-19-15/h1-9H,10H2/b8-7+. The quantitative estimate of drug-likeness (QED) is 0.633. The molecule has 0 radical (unpaired) electrons. The van der Waals surface area contributed by atoms with E-state index in [1.165, 1.54) is 24.3 Å². The van der Waals surface area contributed by atoms with Crippen LogP contribution in [0.5, 0.6) is 11.5 Å². The van der Waals surface area contributed by atoms with E-state index in [0.717, 1.165) is 5.56 Å². The molecular formula is C16H11FO3. The third-order valence-electron chi connectivity index (χ3n) is 2.95. The number of ketones is 1. The van der Waals surface area contributed by atoms with Gasteiger partial charge in [0.1, 0.15) is 5.82 Å². The Balaban J connectivity index is 1.84. The molecule has 1 aliphatic rings. The topological polar surface area (TPSA) is 35.5 Å². The van der Waals surface area contributed by atoms with Crippen LogP contribution in [0.3, 0.4) is 0 Å². The van der Waals surface area contributed by atoms with Crippen molar-refractivity contribution in [1.82, 2.24) is 0 Å². The minimum absolute atomic E-state index is 0.179. The van der Waals surface area contributed by atoms with E-state index >= 15 is 0 Å². The molecule has 0 amide bonds. The van der Waals surface area contributed by atoms with Crippen LogP contribution in [-0.4, -0.2) is 12.6 Å². The van der Waals surface area contributed by atoms with Crippen molar-refractivity contribution in [2.24, 2.45) is 0 Å². The van der Waals surface area contributed by atoms with E-state index in [0.29, 0.717) is 17.1 Å². The summed E-state index contributed by atoms with van der Waals surface area (Å²) in [5, 5.41) is 0. The zero-order chi connectivity index (χ0) is 13.9. The normalized spacial score (nSPS) is 12.8. The molecule has 0 saturated carbocycles. The highest BCUT2D eigenvalue weighted by Gasteiger charge is 2.15. The third kappa shape index (κ3) is 2.40. The Morgan fingerprint density at radius 2 is 2.00 bits per heavy atom. The predicted octanol–water partition coefficient (Wildman–Crippen LogP) is 3.45. The molecule has 1 heterocycles. The maximum Gasteiger partial charge on any atom is 0.231 e. The number of allylic oxidation sites excluding steroid dienone is 1. The minimum atomic E-state index is -0.429. The Hall–Kier alpha value is -2.62. The van der Waals surface area contributed by atoms with Gasteiger partial charge in [0, 0.05) is 11.1 Å². The number of ether oxygens (including phenoxy) is 2. The molecule has 1 aliphatic heterocycles. The number of hydrogen-bond acceptors (Lipinski definition) is 3. The highest BCUT2D eigenvalue weighted by atomic mass is 19.1. The van der Waals surface area contributed by atoms with Crippen molar-refractivity contribution >= 4 is 11.9 Å². The fourth-order valence-corrected chi connectivity index (χ4v) is 1.99. The van der Waals surface area contributed by atoms with Gasteiger partial charge in [0.05, 0.1) is 0 Å². The van der Waals surface area contributed by atoms with Crippen LogP contribution in [-0.2, 0) is 0 Å². The SMILES string of the molecule is O=C(/C=C/c1cccc2c1OCO2)c1cccc(F)c1. The van der Waals surface area contributed by atoms with Gasteiger partial charge >= 0.3 is 0 Å². The van der Waals surface area contributed by atoms with Gasteiger partial charge in [-0.25, -0.2) is 4.39 Å². The van der Waals surface area contributed by atoms with Crippen molar-refractivity contribution in [2.75, 3.05) is 6.79 Å². The minimum Gasteiger partial charge on any atom is -0.454 e. The average Bonchev–Trinajstić information content (AvgIpc) is 2.93. The molecule has 2 aromatic rings. The first-order valence-corrected chi connectivity index (χ1v) is 6.10. The molecule has 0 bridgehead atoms. The number of para-hydroxylation sites is 1. The molecule has 2 aromatic carbocycles. The first-order valence-electron chi connectivity index (χ1n) is 6.10. The first-order chi connectivity index (χ1) is 9.74. The summed E-state index contributed by atoms with van der Waals surface area (Å²) in [7, 11) is 0. The maximum atomic E-state index is 13.1. The lowest BCUT2D eigenvalue weighted by Gasteiger charge is -2.00. The Morgan fingerprint density at radius 3 is 2.85 bits per heavy atom. The molecule has 0 unspecified atom stereocenters. The molecule has 0 saturated heterocycles. The fraction of sp³-hybridized carbons (Fsp3) is 0.0625. The molecule has 4 heteroatoms. The van der Waals surface area contributed by atoms with Gasteiger partial charge in [0.25, 0.3) is 0 Å². The van der Waals surface area contributed by atoms with E-state index in [-0.39, 0.29) is 12.6 Å². The molecule has 0 fully saturated rings. The van der Waals surface area contributed by atoms with Gasteiger partial charge in [-0.05, 0) is 30.4 Å². The van der Waals surface area contributed by atoms with Crippen molar-refractivity contribution in [2.45, 2.75) is 0 Å². The number of carbonyl (C=O) groups excluding carboxylic acids is 1. The molecule has 0 aliphatic carbocycles. The largest absolute Gasteiger partial charge is 0.454 e. The Kier molecular flexibility index (Phi) is 3.21. The van der Waals surface area contributed by atoms with Crippen LogP contribution in [0.25, 0.3) is 6.08 Å². The summed E-state index contributed by atoms with van der Waals surface area (Å²) >= 11 is 0. The Labute approximate surface area is 115 Å². The number of hydrogen-bond donors (Lipinski definition) is 0. The Bertz CT molecular complexity index is 692. The third-order valence-corrected chi connectivity index (χ3v) is 2.95. The molecule has 3 nitrogen and oxygen atoms in total. The number of carbonyl (C=O) groups is 1. The highest BCUT2D eigenvalue weighted by molar-refractivity contribution is 6.07. The number of halogens is 1. The van der Waals surface area contributed by atoms with Crippen LogP contribution in [0, 0.1) is 5.82 Å². The van der Waals surface area contributed by atoms with Gasteiger partial charge in [-0.3, -0.25) is 4.79 Å². The number of fused-ring (bicyclic) bond motifs is 1. The summed E-state index contributed by atoms with van der Waals surface area (Å²) in [4.78, 5) is 11.9. The summed E-state index contributed by atoms with van der Waals surface area (Å²) in [6.07, 6.45) is 3.03. The summed E-state index contributed by atoms with van der Waals surface area (Å²) in [5.74, 6) is 0.587. The second-order valence-corrected chi connectivity index (χ2v) is 4.29. The van der Waals surface area contributed by atoms with E-state index in [1.54, 1.807) is 18.2 Å². The van der Waals surface area contributed by atoms with Crippen molar-refractivity contribution in [3.05, 3.63) is 65.5 Å². The van der Waals surface area contributed by atoms with E-state index in [2.05, 4.69) is 0 Å². The number of rotatable bonds is 3. The first kappa shape index (κ1) is 12.4. The monoisotopic (exact) mass is 270 g/mol. The van der Waals surface area contributed by atoms with Crippen LogP contribution < -0.4 is 9.47 Å². The van der Waals surface area contributed by atoms with Gasteiger partial charge in [-0.2, -0.15) is 0 Å². The molecule has 0 atom stereocenters. The zero-order valence-corrected chi connectivity index (χ0v) is 10.5. The lowest BCUT2D eigenvalue weighted by Crippen LogP contribution is -1.95. The molecule has 100 valence electrons. The van der Waals surface area contributed by atoms with E-state index < -0.39 is 5.82 Å². The van der Waals surface area contributed by atoms with Crippen molar-refractivity contribution < 1.29 is 18.7 Å². The maximum absolute atomic E-state index is 13.1. The van der Waals surface area contributed by atoms with Gasteiger partial charge in [0.2, 0.25) is 6.79 Å². The lowest BCUT2D eigenvalue weighted by molar-refractivity contribution is 0.104. The van der Waals surface area contributed by atoms with E-state index in [1.807, 2.05) is 12.1 Å². The van der Waals surface area contributed by atoms with Crippen LogP contribution >= 0.6 is 0 Å². The smallest absolute Gasteiger partial charge is 0.231 e. The van der Waals surface area contributed by atoms with Gasteiger partial charge in [-0.15, -0.1) is 0 Å². The average molecular weight is 270 g/mol. The summed E-state index contributed by atoms with van der Waals surface area (Å²) in [6.45, 7) is 0.179. The molecule has 0 spiro atoms. The molecule has 3 rings (SSSR count). The predicted molar refractivity (Wildman–Crippen MR) is 72.3 cm³/mol. The van der Waals surface area contributed by atoms with Crippen molar-refractivity contribution in [3.8, 4) is 11.5 Å². The van der Waals surface area contributed by atoms with Gasteiger partial charge < -0.3 is 9.47 Å². The number of benzene rings is 2. The second-order valence-electron chi connectivity index (χ2n) is 4.29. The van der Waals surface area contributed by atoms with Gasteiger partial charge in [0.15, 0.2) is 17.3 Å². The van der Waals surface area contributed by atoms with Gasteiger partial charge in [-0.1, -0.05) is 24.3 Å². The lowest BCUT2D eigenvalue weighted by atomic mass is 10.1. The molecule has 0 N–H and O–H groups in total. The molecular weight excluding hydrogens is 259 g/mol. The van der Waals surface area contributed by atoms with Crippen molar-refractivity contribution in [3.63, 3.8) is 0 Å². The van der Waals surface area contributed by atoms with Crippen LogP contribution in [0.2, 0.25) is 0 Å². The highest BCUT2D eigenvalue weighted by Crippen LogP contribution is 2.35. The summed E-state index contributed by atoms with van der Waals surface area (Å²) in [6, 6.07) is 11.0. The molecule has 0 aromatic heterocycles. The van der Waals surface area contributed by atoms with Crippen LogP contribution in [0.4, 0.5) is 4.39 Å². The van der Waals surface area contributed by atoms with E-state index in [9.17, 15) is 9.18 Å². The van der Waals surface area contributed by atoms with E-state index in [4.69, 9.17) is 9.47 Å². The Morgan fingerprint density at radius 1 is 1.15 bits per heavy atom. The van der Waals surface area contributed by atoms with Crippen LogP contribution in [0.15, 0.2) is 48.5 Å². The summed E-state index contributed by atoms with van der Waals surface area (Å²) in [5.41, 5.74) is 1.07.